The van der Waals surface area contributed by atoms with Crippen molar-refractivity contribution in [1.29, 1.82) is 0 Å². The van der Waals surface area contributed by atoms with Gasteiger partial charge in [0.25, 0.3) is 0 Å². The van der Waals surface area contributed by atoms with Crippen LogP contribution in [0.15, 0.2) is 66.7 Å². The van der Waals surface area contributed by atoms with Crippen LogP contribution >= 0.6 is 0 Å². The Bertz CT molecular complexity index is 1100. The number of carbonyl (C=O) groups is 2. The van der Waals surface area contributed by atoms with Crippen LogP contribution in [0.25, 0.3) is 10.8 Å². The third-order valence-electron chi connectivity index (χ3n) is 5.69. The van der Waals surface area contributed by atoms with E-state index in [2.05, 4.69) is 23.5 Å². The van der Waals surface area contributed by atoms with E-state index < -0.39 is 11.6 Å². The second-order valence-corrected chi connectivity index (χ2v) is 9.02. The molecule has 0 unspecified atom stereocenters. The van der Waals surface area contributed by atoms with Crippen LogP contribution in [0.5, 0.6) is 0 Å². The molecule has 4 rings (SSSR count). The molecule has 0 aromatic heterocycles. The van der Waals surface area contributed by atoms with Gasteiger partial charge in [-0.2, -0.15) is 0 Å². The first-order valence-electron chi connectivity index (χ1n) is 10.8. The topological polar surface area (TPSA) is 75.4 Å². The number of hydrogen-bond donors (Lipinski definition) is 2. The van der Waals surface area contributed by atoms with Crippen LogP contribution in [0, 0.1) is 0 Å². The second kappa shape index (κ2) is 8.52. The highest BCUT2D eigenvalue weighted by molar-refractivity contribution is 6.03. The molecule has 1 atom stereocenters. The van der Waals surface area contributed by atoms with Gasteiger partial charge in [-0.15, -0.1) is 0 Å². The standard InChI is InChI=1S/C26H29N3O2/c1-26(2,27)16-24(30)28-22-14-13-21-20-11-7-6-10-19(20)12-15-23(21)29(25(22)31)17-18-8-4-3-5-9-18/h3-12,15,22H,13-14,16-17,27H2,1-2H3,(H,28,30)/t22-/m1/s1. The molecule has 0 radical (unpaired) electrons. The lowest BCUT2D eigenvalue weighted by Gasteiger charge is -2.27. The van der Waals surface area contributed by atoms with Crippen molar-refractivity contribution in [3.8, 4) is 0 Å². The molecule has 5 heteroatoms. The van der Waals surface area contributed by atoms with Gasteiger partial charge in [0, 0.05) is 17.6 Å². The van der Waals surface area contributed by atoms with E-state index >= 15 is 0 Å². The van der Waals surface area contributed by atoms with Crippen LogP contribution in [0.4, 0.5) is 5.69 Å². The zero-order valence-corrected chi connectivity index (χ0v) is 18.1. The number of rotatable bonds is 5. The molecular weight excluding hydrogens is 386 g/mol. The summed E-state index contributed by atoms with van der Waals surface area (Å²) in [6.07, 6.45) is 1.44. The number of hydrogen-bond acceptors (Lipinski definition) is 3. The quantitative estimate of drug-likeness (QED) is 0.663. The van der Waals surface area contributed by atoms with E-state index in [1.165, 1.54) is 0 Å². The van der Waals surface area contributed by atoms with Gasteiger partial charge >= 0.3 is 0 Å². The van der Waals surface area contributed by atoms with E-state index in [0.29, 0.717) is 19.4 Å². The number of nitrogens with two attached hydrogens (primary N) is 1. The molecule has 160 valence electrons. The fourth-order valence-corrected chi connectivity index (χ4v) is 4.28. The number of benzene rings is 3. The van der Waals surface area contributed by atoms with Crippen LogP contribution in [0.3, 0.4) is 0 Å². The van der Waals surface area contributed by atoms with E-state index in [0.717, 1.165) is 27.6 Å². The van der Waals surface area contributed by atoms with Crippen LogP contribution in [-0.4, -0.2) is 23.4 Å². The summed E-state index contributed by atoms with van der Waals surface area (Å²) in [4.78, 5) is 28.0. The van der Waals surface area contributed by atoms with Gasteiger partial charge in [-0.25, -0.2) is 0 Å². The monoisotopic (exact) mass is 415 g/mol. The maximum absolute atomic E-state index is 13.6. The lowest BCUT2D eigenvalue weighted by atomic mass is 9.98. The SMILES string of the molecule is CC(C)(N)CC(=O)N[C@@H]1CCc2c(ccc3ccccc23)N(Cc2ccccc2)C1=O. The Kier molecular flexibility index (Phi) is 5.79. The van der Waals surface area contributed by atoms with Crippen molar-refractivity contribution >= 4 is 28.3 Å². The molecule has 0 saturated carbocycles. The summed E-state index contributed by atoms with van der Waals surface area (Å²) in [6, 6.07) is 21.7. The molecule has 5 nitrogen and oxygen atoms in total. The maximum atomic E-state index is 13.6. The Hall–Kier alpha value is -3.18. The number of nitrogens with one attached hydrogen (secondary N) is 1. The first-order valence-corrected chi connectivity index (χ1v) is 10.8. The van der Waals surface area contributed by atoms with Gasteiger partial charge in [-0.3, -0.25) is 9.59 Å². The van der Waals surface area contributed by atoms with Crippen molar-refractivity contribution in [3.63, 3.8) is 0 Å². The third kappa shape index (κ3) is 4.78. The number of fused-ring (bicyclic) bond motifs is 3. The minimum Gasteiger partial charge on any atom is -0.344 e. The molecule has 1 heterocycles. The molecule has 2 amide bonds. The van der Waals surface area contributed by atoms with Crippen molar-refractivity contribution in [2.24, 2.45) is 5.73 Å². The normalized spacial score (nSPS) is 16.7. The fourth-order valence-electron chi connectivity index (χ4n) is 4.28. The molecule has 0 aliphatic carbocycles. The smallest absolute Gasteiger partial charge is 0.249 e. The number of aryl methyl sites for hydroxylation is 1. The summed E-state index contributed by atoms with van der Waals surface area (Å²) in [5.41, 5.74) is 8.50. The Morgan fingerprint density at radius 2 is 1.77 bits per heavy atom. The summed E-state index contributed by atoms with van der Waals surface area (Å²) in [5.74, 6) is -0.276. The Morgan fingerprint density at radius 3 is 2.52 bits per heavy atom. The predicted molar refractivity (Wildman–Crippen MR) is 125 cm³/mol. The summed E-state index contributed by atoms with van der Waals surface area (Å²) in [7, 11) is 0. The van der Waals surface area contributed by atoms with E-state index in [1.807, 2.05) is 67.3 Å². The van der Waals surface area contributed by atoms with Gasteiger partial charge in [-0.1, -0.05) is 60.7 Å². The molecule has 3 N–H and O–H groups in total. The lowest BCUT2D eigenvalue weighted by molar-refractivity contribution is -0.128. The highest BCUT2D eigenvalue weighted by Gasteiger charge is 2.32. The summed E-state index contributed by atoms with van der Waals surface area (Å²) in [6.45, 7) is 4.08. The number of nitrogens with zero attached hydrogens (tertiary/aromatic N) is 1. The molecule has 3 aromatic carbocycles. The Balaban J connectivity index is 1.72. The van der Waals surface area contributed by atoms with Crippen LogP contribution < -0.4 is 16.0 Å². The van der Waals surface area contributed by atoms with E-state index in [9.17, 15) is 9.59 Å². The van der Waals surface area contributed by atoms with Gasteiger partial charge in [0.1, 0.15) is 6.04 Å². The largest absolute Gasteiger partial charge is 0.344 e. The molecule has 0 fully saturated rings. The van der Waals surface area contributed by atoms with E-state index in [-0.39, 0.29) is 18.2 Å². The molecule has 1 aliphatic heterocycles. The highest BCUT2D eigenvalue weighted by Crippen LogP contribution is 2.34. The molecule has 3 aromatic rings. The lowest BCUT2D eigenvalue weighted by Crippen LogP contribution is -2.49. The molecule has 31 heavy (non-hydrogen) atoms. The predicted octanol–water partition coefficient (Wildman–Crippen LogP) is 3.93. The minimum absolute atomic E-state index is 0.0824. The Morgan fingerprint density at radius 1 is 1.06 bits per heavy atom. The minimum atomic E-state index is -0.624. The third-order valence-corrected chi connectivity index (χ3v) is 5.69. The number of amides is 2. The summed E-state index contributed by atoms with van der Waals surface area (Å²) < 4.78 is 0. The highest BCUT2D eigenvalue weighted by atomic mass is 16.2. The van der Waals surface area contributed by atoms with Crippen LogP contribution in [0.2, 0.25) is 0 Å². The molecule has 1 aliphatic rings. The first kappa shape index (κ1) is 21.1. The maximum Gasteiger partial charge on any atom is 0.249 e. The van der Waals surface area contributed by atoms with Gasteiger partial charge in [0.05, 0.1) is 6.54 Å². The van der Waals surface area contributed by atoms with Gasteiger partial charge in [-0.05, 0) is 54.7 Å². The molecule has 0 spiro atoms. The average Bonchev–Trinajstić information content (AvgIpc) is 2.85. The van der Waals surface area contributed by atoms with E-state index in [1.54, 1.807) is 0 Å². The first-order chi connectivity index (χ1) is 14.8. The van der Waals surface area contributed by atoms with Crippen molar-refractivity contribution in [1.82, 2.24) is 5.32 Å². The Labute approximate surface area is 183 Å². The average molecular weight is 416 g/mol. The number of anilines is 1. The van der Waals surface area contributed by atoms with Crippen LogP contribution in [-0.2, 0) is 22.6 Å². The summed E-state index contributed by atoms with van der Waals surface area (Å²) >= 11 is 0. The van der Waals surface area contributed by atoms with E-state index in [4.69, 9.17) is 5.73 Å². The number of carbonyl (C=O) groups excluding carboxylic acids is 2. The zero-order valence-electron chi connectivity index (χ0n) is 18.1. The van der Waals surface area contributed by atoms with Gasteiger partial charge in [0.2, 0.25) is 11.8 Å². The van der Waals surface area contributed by atoms with Crippen molar-refractivity contribution in [2.45, 2.75) is 51.2 Å². The second-order valence-electron chi connectivity index (χ2n) is 9.02. The molecule has 0 saturated heterocycles. The van der Waals surface area contributed by atoms with Crippen molar-refractivity contribution < 1.29 is 9.59 Å². The fraction of sp³-hybridized carbons (Fsp3) is 0.308. The van der Waals surface area contributed by atoms with Crippen molar-refractivity contribution in [3.05, 3.63) is 77.9 Å². The van der Waals surface area contributed by atoms with Crippen molar-refractivity contribution in [2.75, 3.05) is 4.90 Å². The molecular formula is C26H29N3O2. The molecule has 0 bridgehead atoms. The van der Waals surface area contributed by atoms with Gasteiger partial charge in [0.15, 0.2) is 0 Å². The van der Waals surface area contributed by atoms with Crippen LogP contribution in [0.1, 0.15) is 37.8 Å². The zero-order chi connectivity index (χ0) is 22.0. The summed E-state index contributed by atoms with van der Waals surface area (Å²) in [5, 5.41) is 5.26. The van der Waals surface area contributed by atoms with Gasteiger partial charge < -0.3 is 16.0 Å².